The molecule has 1 aromatic rings. The molecule has 1 fully saturated rings. The molecule has 2 heteroatoms. The summed E-state index contributed by atoms with van der Waals surface area (Å²) in [5, 5.41) is 0. The molecule has 1 aromatic carbocycles. The summed E-state index contributed by atoms with van der Waals surface area (Å²) in [6.07, 6.45) is 3.38. The van der Waals surface area contributed by atoms with Crippen LogP contribution in [0.2, 0.25) is 0 Å². The molecule has 0 N–H and O–H groups in total. The Morgan fingerprint density at radius 3 is 2.88 bits per heavy atom. The van der Waals surface area contributed by atoms with Crippen molar-refractivity contribution in [2.75, 3.05) is 12.5 Å². The Bertz CT molecular complexity index is 438. The van der Waals surface area contributed by atoms with Crippen LogP contribution in [-0.4, -0.2) is 12.5 Å². The summed E-state index contributed by atoms with van der Waals surface area (Å²) < 4.78 is 5.77. The van der Waals surface area contributed by atoms with Crippen molar-refractivity contribution in [2.45, 2.75) is 26.2 Å². The van der Waals surface area contributed by atoms with Gasteiger partial charge in [0.1, 0.15) is 5.75 Å². The third-order valence-corrected chi connectivity index (χ3v) is 2.99. The van der Waals surface area contributed by atoms with Crippen LogP contribution in [0.5, 0.6) is 5.75 Å². The van der Waals surface area contributed by atoms with Gasteiger partial charge >= 0.3 is 0 Å². The first-order chi connectivity index (χ1) is 8.29. The van der Waals surface area contributed by atoms with E-state index in [0.29, 0.717) is 5.88 Å². The van der Waals surface area contributed by atoms with Crippen molar-refractivity contribution in [1.82, 2.24) is 0 Å². The number of aryl methyl sites for hydroxylation is 1. The second kappa shape index (κ2) is 5.98. The molecular formula is C15H17ClO. The van der Waals surface area contributed by atoms with E-state index in [2.05, 4.69) is 24.8 Å². The van der Waals surface area contributed by atoms with Crippen molar-refractivity contribution in [3.05, 3.63) is 29.3 Å². The molecule has 0 saturated heterocycles. The smallest absolute Gasteiger partial charge is 0.122 e. The Balaban J connectivity index is 1.97. The second-order valence-electron chi connectivity index (χ2n) is 4.48. The van der Waals surface area contributed by atoms with Gasteiger partial charge in [-0.2, -0.15) is 0 Å². The summed E-state index contributed by atoms with van der Waals surface area (Å²) in [6, 6.07) is 6.10. The number of hydrogen-bond acceptors (Lipinski definition) is 1. The number of rotatable bonds is 4. The molecule has 1 aliphatic rings. The monoisotopic (exact) mass is 248 g/mol. The fourth-order valence-electron chi connectivity index (χ4n) is 1.59. The molecule has 0 radical (unpaired) electrons. The highest BCUT2D eigenvalue weighted by molar-refractivity contribution is 6.18. The van der Waals surface area contributed by atoms with E-state index in [4.69, 9.17) is 16.3 Å². The summed E-state index contributed by atoms with van der Waals surface area (Å²) in [5.74, 6) is 8.50. The number of hydrogen-bond donors (Lipinski definition) is 0. The van der Waals surface area contributed by atoms with Crippen LogP contribution in [0, 0.1) is 24.7 Å². The molecule has 0 heterocycles. The molecule has 0 spiro atoms. The van der Waals surface area contributed by atoms with E-state index in [1.807, 2.05) is 12.1 Å². The van der Waals surface area contributed by atoms with E-state index in [1.54, 1.807) is 0 Å². The Labute approximate surface area is 108 Å². The van der Waals surface area contributed by atoms with Crippen LogP contribution in [-0.2, 0) is 0 Å². The average Bonchev–Trinajstić information content (AvgIpc) is 3.12. The van der Waals surface area contributed by atoms with Crippen molar-refractivity contribution in [3.8, 4) is 17.6 Å². The molecule has 0 bridgehead atoms. The normalized spacial score (nSPS) is 14.0. The molecule has 0 aliphatic heterocycles. The zero-order valence-corrected chi connectivity index (χ0v) is 10.9. The van der Waals surface area contributed by atoms with Gasteiger partial charge in [-0.1, -0.05) is 11.8 Å². The van der Waals surface area contributed by atoms with E-state index < -0.39 is 0 Å². The molecule has 0 amide bonds. The second-order valence-corrected chi connectivity index (χ2v) is 4.85. The first-order valence-corrected chi connectivity index (χ1v) is 6.61. The van der Waals surface area contributed by atoms with E-state index in [9.17, 15) is 0 Å². The minimum Gasteiger partial charge on any atom is -0.493 e. The van der Waals surface area contributed by atoms with Crippen LogP contribution in [0.4, 0.5) is 0 Å². The van der Waals surface area contributed by atoms with Crippen molar-refractivity contribution in [1.29, 1.82) is 0 Å². The van der Waals surface area contributed by atoms with Crippen molar-refractivity contribution in [2.24, 2.45) is 5.92 Å². The third-order valence-electron chi connectivity index (χ3n) is 2.80. The van der Waals surface area contributed by atoms with Crippen LogP contribution >= 0.6 is 11.6 Å². The summed E-state index contributed by atoms with van der Waals surface area (Å²) >= 11 is 5.58. The van der Waals surface area contributed by atoms with Crippen LogP contribution in [0.1, 0.15) is 30.4 Å². The van der Waals surface area contributed by atoms with E-state index in [0.717, 1.165) is 35.8 Å². The number of ether oxygens (including phenoxy) is 1. The van der Waals surface area contributed by atoms with Gasteiger partial charge in [-0.05, 0) is 49.4 Å². The predicted octanol–water partition coefficient (Wildman–Crippen LogP) is 3.76. The van der Waals surface area contributed by atoms with E-state index in [-0.39, 0.29) is 0 Å². The maximum Gasteiger partial charge on any atom is 0.122 e. The SMILES string of the molecule is Cc1cc(C#CCCCl)ccc1OCC1CC1. The van der Waals surface area contributed by atoms with Gasteiger partial charge in [-0.15, -0.1) is 11.6 Å². The number of benzene rings is 1. The highest BCUT2D eigenvalue weighted by atomic mass is 35.5. The van der Waals surface area contributed by atoms with Crippen LogP contribution < -0.4 is 4.74 Å². The lowest BCUT2D eigenvalue weighted by atomic mass is 10.1. The zero-order valence-electron chi connectivity index (χ0n) is 10.1. The molecule has 1 nitrogen and oxygen atoms in total. The lowest BCUT2D eigenvalue weighted by Gasteiger charge is -2.08. The lowest BCUT2D eigenvalue weighted by molar-refractivity contribution is 0.298. The van der Waals surface area contributed by atoms with Crippen molar-refractivity contribution < 1.29 is 4.74 Å². The highest BCUT2D eigenvalue weighted by Crippen LogP contribution is 2.30. The average molecular weight is 249 g/mol. The van der Waals surface area contributed by atoms with Gasteiger partial charge in [0, 0.05) is 17.9 Å². The molecule has 1 aliphatic carbocycles. The van der Waals surface area contributed by atoms with Crippen LogP contribution in [0.3, 0.4) is 0 Å². The van der Waals surface area contributed by atoms with Gasteiger partial charge in [-0.3, -0.25) is 0 Å². The van der Waals surface area contributed by atoms with Gasteiger partial charge in [0.25, 0.3) is 0 Å². The zero-order chi connectivity index (χ0) is 12.1. The van der Waals surface area contributed by atoms with Crippen molar-refractivity contribution in [3.63, 3.8) is 0 Å². The predicted molar refractivity (Wildman–Crippen MR) is 71.6 cm³/mol. The maximum atomic E-state index is 5.77. The first-order valence-electron chi connectivity index (χ1n) is 6.08. The molecule has 90 valence electrons. The Morgan fingerprint density at radius 2 is 2.24 bits per heavy atom. The van der Waals surface area contributed by atoms with Gasteiger partial charge in [-0.25, -0.2) is 0 Å². The van der Waals surface area contributed by atoms with Gasteiger partial charge < -0.3 is 4.74 Å². The topological polar surface area (TPSA) is 9.23 Å². The maximum absolute atomic E-state index is 5.77. The molecule has 17 heavy (non-hydrogen) atoms. The number of alkyl halides is 1. The highest BCUT2D eigenvalue weighted by Gasteiger charge is 2.22. The van der Waals surface area contributed by atoms with Gasteiger partial charge in [0.05, 0.1) is 6.61 Å². The standard InChI is InChI=1S/C15H17ClO/c1-12-10-13(4-2-3-9-16)7-8-15(12)17-11-14-5-6-14/h7-8,10,14H,3,5-6,9,11H2,1H3. The molecule has 1 saturated carbocycles. The van der Waals surface area contributed by atoms with Gasteiger partial charge in [0.15, 0.2) is 0 Å². The Kier molecular flexibility index (Phi) is 4.34. The Morgan fingerprint density at radius 1 is 1.41 bits per heavy atom. The number of halogens is 1. The minimum absolute atomic E-state index is 0.592. The summed E-state index contributed by atoms with van der Waals surface area (Å²) in [7, 11) is 0. The quantitative estimate of drug-likeness (QED) is 0.582. The van der Waals surface area contributed by atoms with Crippen molar-refractivity contribution >= 4 is 11.6 Å². The molecule has 0 atom stereocenters. The summed E-state index contributed by atoms with van der Waals surface area (Å²) in [6.45, 7) is 2.92. The first kappa shape index (κ1) is 12.3. The Hall–Kier alpha value is -1.13. The van der Waals surface area contributed by atoms with E-state index >= 15 is 0 Å². The fourth-order valence-corrected chi connectivity index (χ4v) is 1.69. The molecule has 0 unspecified atom stereocenters. The largest absolute Gasteiger partial charge is 0.493 e. The summed E-state index contributed by atoms with van der Waals surface area (Å²) in [5.41, 5.74) is 2.19. The van der Waals surface area contributed by atoms with E-state index in [1.165, 1.54) is 12.8 Å². The minimum atomic E-state index is 0.592. The van der Waals surface area contributed by atoms with Crippen LogP contribution in [0.15, 0.2) is 18.2 Å². The lowest BCUT2D eigenvalue weighted by Crippen LogP contribution is -2.00. The third kappa shape index (κ3) is 3.98. The molecular weight excluding hydrogens is 232 g/mol. The molecule has 2 rings (SSSR count). The molecule has 0 aromatic heterocycles. The van der Waals surface area contributed by atoms with Gasteiger partial charge in [0.2, 0.25) is 0 Å². The summed E-state index contributed by atoms with van der Waals surface area (Å²) in [4.78, 5) is 0. The fraction of sp³-hybridized carbons (Fsp3) is 0.467. The van der Waals surface area contributed by atoms with Crippen LogP contribution in [0.25, 0.3) is 0 Å².